The van der Waals surface area contributed by atoms with E-state index in [4.69, 9.17) is 19.4 Å². The van der Waals surface area contributed by atoms with Gasteiger partial charge in [-0.05, 0) is 19.9 Å². The maximum absolute atomic E-state index is 9.12. The SMILES string of the molecule is COc1cc2c(cc1OC)/C(=N/O)CC(C)(C)O2. The van der Waals surface area contributed by atoms with E-state index in [1.54, 1.807) is 26.4 Å². The highest BCUT2D eigenvalue weighted by Gasteiger charge is 2.32. The fraction of sp³-hybridized carbons (Fsp3) is 0.462. The van der Waals surface area contributed by atoms with Gasteiger partial charge in [0.05, 0.1) is 19.9 Å². The normalized spacial score (nSPS) is 19.0. The van der Waals surface area contributed by atoms with E-state index in [1.165, 1.54) is 0 Å². The minimum atomic E-state index is -0.409. The molecule has 0 bridgehead atoms. The number of ether oxygens (including phenoxy) is 3. The molecule has 1 aliphatic heterocycles. The monoisotopic (exact) mass is 251 g/mol. The first-order valence-corrected chi connectivity index (χ1v) is 5.67. The van der Waals surface area contributed by atoms with Crippen LogP contribution in [0.5, 0.6) is 17.2 Å². The van der Waals surface area contributed by atoms with E-state index in [0.717, 1.165) is 5.56 Å². The molecule has 0 aliphatic carbocycles. The van der Waals surface area contributed by atoms with E-state index >= 15 is 0 Å². The maximum Gasteiger partial charge on any atom is 0.164 e. The summed E-state index contributed by atoms with van der Waals surface area (Å²) in [7, 11) is 3.13. The molecule has 0 spiro atoms. The summed E-state index contributed by atoms with van der Waals surface area (Å²) in [5.74, 6) is 1.81. The molecule has 0 saturated carbocycles. The van der Waals surface area contributed by atoms with E-state index in [1.807, 2.05) is 13.8 Å². The van der Waals surface area contributed by atoms with Gasteiger partial charge in [0.15, 0.2) is 11.5 Å². The molecule has 0 fully saturated rings. The van der Waals surface area contributed by atoms with Crippen LogP contribution in [0.1, 0.15) is 25.8 Å². The molecule has 0 amide bonds. The van der Waals surface area contributed by atoms with E-state index in [0.29, 0.717) is 29.4 Å². The van der Waals surface area contributed by atoms with Crippen molar-refractivity contribution in [1.29, 1.82) is 0 Å². The Hall–Kier alpha value is -1.91. The molecule has 0 saturated heterocycles. The minimum absolute atomic E-state index is 0.409. The Morgan fingerprint density at radius 2 is 1.83 bits per heavy atom. The predicted octanol–water partition coefficient (Wildman–Crippen LogP) is 2.44. The summed E-state index contributed by atoms with van der Waals surface area (Å²) in [4.78, 5) is 0. The van der Waals surface area contributed by atoms with Crippen LogP contribution in [0.4, 0.5) is 0 Å². The molecule has 0 unspecified atom stereocenters. The topological polar surface area (TPSA) is 60.3 Å². The standard InChI is InChI=1S/C13H17NO4/c1-13(2)7-9(14-15)8-5-11(16-3)12(17-4)6-10(8)18-13/h5-6,15H,7H2,1-4H3/b14-9+. The molecule has 1 aromatic carbocycles. The molecule has 5 heteroatoms. The molecule has 5 nitrogen and oxygen atoms in total. The lowest BCUT2D eigenvalue weighted by molar-refractivity contribution is 0.109. The van der Waals surface area contributed by atoms with Gasteiger partial charge in [0, 0.05) is 18.1 Å². The second-order valence-electron chi connectivity index (χ2n) is 4.79. The highest BCUT2D eigenvalue weighted by Crippen LogP contribution is 2.40. The molecule has 18 heavy (non-hydrogen) atoms. The Labute approximate surface area is 106 Å². The second-order valence-corrected chi connectivity index (χ2v) is 4.79. The number of methoxy groups -OCH3 is 2. The van der Waals surface area contributed by atoms with Gasteiger partial charge in [-0.15, -0.1) is 0 Å². The van der Waals surface area contributed by atoms with Crippen molar-refractivity contribution in [2.45, 2.75) is 25.9 Å². The van der Waals surface area contributed by atoms with Gasteiger partial charge < -0.3 is 19.4 Å². The average molecular weight is 251 g/mol. The first kappa shape index (κ1) is 12.5. The van der Waals surface area contributed by atoms with Gasteiger partial charge in [-0.2, -0.15) is 0 Å². The molecule has 1 heterocycles. The number of nitrogens with zero attached hydrogens (tertiary/aromatic N) is 1. The number of hydrogen-bond acceptors (Lipinski definition) is 5. The van der Waals surface area contributed by atoms with Gasteiger partial charge in [0.2, 0.25) is 0 Å². The predicted molar refractivity (Wildman–Crippen MR) is 67.2 cm³/mol. The number of oxime groups is 1. The smallest absolute Gasteiger partial charge is 0.164 e. The lowest BCUT2D eigenvalue weighted by atomic mass is 9.92. The average Bonchev–Trinajstić information content (AvgIpc) is 2.35. The summed E-state index contributed by atoms with van der Waals surface area (Å²) in [5, 5.41) is 12.5. The highest BCUT2D eigenvalue weighted by molar-refractivity contribution is 6.04. The van der Waals surface area contributed by atoms with Crippen molar-refractivity contribution >= 4 is 5.71 Å². The molecule has 0 atom stereocenters. The zero-order chi connectivity index (χ0) is 13.3. The Morgan fingerprint density at radius 1 is 1.22 bits per heavy atom. The first-order chi connectivity index (χ1) is 8.50. The van der Waals surface area contributed by atoms with Crippen molar-refractivity contribution in [1.82, 2.24) is 0 Å². The summed E-state index contributed by atoms with van der Waals surface area (Å²) >= 11 is 0. The molecule has 2 rings (SSSR count). The maximum atomic E-state index is 9.12. The van der Waals surface area contributed by atoms with Crippen molar-refractivity contribution < 1.29 is 19.4 Å². The van der Waals surface area contributed by atoms with Crippen LogP contribution in [0.3, 0.4) is 0 Å². The summed E-state index contributed by atoms with van der Waals surface area (Å²) in [6, 6.07) is 3.51. The second kappa shape index (κ2) is 4.40. The van der Waals surface area contributed by atoms with Crippen LogP contribution in [0.25, 0.3) is 0 Å². The van der Waals surface area contributed by atoms with Gasteiger partial charge in [0.1, 0.15) is 11.4 Å². The van der Waals surface area contributed by atoms with Crippen LogP contribution in [-0.4, -0.2) is 30.7 Å². The Balaban J connectivity index is 2.58. The lowest BCUT2D eigenvalue weighted by Gasteiger charge is -2.33. The number of fused-ring (bicyclic) bond motifs is 1. The van der Waals surface area contributed by atoms with Crippen molar-refractivity contribution in [2.75, 3.05) is 14.2 Å². The van der Waals surface area contributed by atoms with E-state index < -0.39 is 5.60 Å². The Kier molecular flexibility index (Phi) is 3.07. The number of rotatable bonds is 2. The van der Waals surface area contributed by atoms with Crippen molar-refractivity contribution in [3.05, 3.63) is 17.7 Å². The van der Waals surface area contributed by atoms with Crippen LogP contribution in [0.15, 0.2) is 17.3 Å². The summed E-state index contributed by atoms with van der Waals surface area (Å²) in [6.45, 7) is 3.88. The summed E-state index contributed by atoms with van der Waals surface area (Å²) < 4.78 is 16.3. The zero-order valence-corrected chi connectivity index (χ0v) is 11.0. The number of hydrogen-bond donors (Lipinski definition) is 1. The fourth-order valence-corrected chi connectivity index (χ4v) is 2.09. The quantitative estimate of drug-likeness (QED) is 0.648. The van der Waals surface area contributed by atoms with Crippen LogP contribution in [0.2, 0.25) is 0 Å². The van der Waals surface area contributed by atoms with Gasteiger partial charge in [-0.25, -0.2) is 0 Å². The van der Waals surface area contributed by atoms with E-state index in [2.05, 4.69) is 5.16 Å². The molecular weight excluding hydrogens is 234 g/mol. The van der Waals surface area contributed by atoms with Crippen molar-refractivity contribution in [3.63, 3.8) is 0 Å². The molecule has 1 aromatic rings. The van der Waals surface area contributed by atoms with Crippen LogP contribution >= 0.6 is 0 Å². The molecule has 1 aliphatic rings. The Bertz CT molecular complexity index is 494. The summed E-state index contributed by atoms with van der Waals surface area (Å²) in [5.41, 5.74) is 0.908. The first-order valence-electron chi connectivity index (χ1n) is 5.67. The van der Waals surface area contributed by atoms with Crippen molar-refractivity contribution in [2.24, 2.45) is 5.16 Å². The van der Waals surface area contributed by atoms with Crippen LogP contribution < -0.4 is 14.2 Å². The zero-order valence-electron chi connectivity index (χ0n) is 11.0. The van der Waals surface area contributed by atoms with Crippen LogP contribution in [-0.2, 0) is 0 Å². The minimum Gasteiger partial charge on any atom is -0.493 e. The summed E-state index contributed by atoms with van der Waals surface area (Å²) in [6.07, 6.45) is 0.534. The third-order valence-electron chi connectivity index (χ3n) is 2.90. The molecular formula is C13H17NO4. The highest BCUT2D eigenvalue weighted by atomic mass is 16.5. The molecule has 0 aromatic heterocycles. The largest absolute Gasteiger partial charge is 0.493 e. The Morgan fingerprint density at radius 3 is 2.39 bits per heavy atom. The van der Waals surface area contributed by atoms with Crippen LogP contribution in [0, 0.1) is 0 Å². The molecule has 0 radical (unpaired) electrons. The molecule has 98 valence electrons. The van der Waals surface area contributed by atoms with Gasteiger partial charge in [-0.1, -0.05) is 5.16 Å². The van der Waals surface area contributed by atoms with E-state index in [-0.39, 0.29) is 0 Å². The third-order valence-corrected chi connectivity index (χ3v) is 2.90. The number of benzene rings is 1. The molecule has 1 N–H and O–H groups in total. The van der Waals surface area contributed by atoms with Gasteiger partial charge in [-0.3, -0.25) is 0 Å². The lowest BCUT2D eigenvalue weighted by Crippen LogP contribution is -2.36. The van der Waals surface area contributed by atoms with E-state index in [9.17, 15) is 0 Å². The van der Waals surface area contributed by atoms with Crippen molar-refractivity contribution in [3.8, 4) is 17.2 Å². The third kappa shape index (κ3) is 2.08. The van der Waals surface area contributed by atoms with Gasteiger partial charge >= 0.3 is 0 Å². The van der Waals surface area contributed by atoms with Gasteiger partial charge in [0.25, 0.3) is 0 Å². The fourth-order valence-electron chi connectivity index (χ4n) is 2.09.